The summed E-state index contributed by atoms with van der Waals surface area (Å²) in [6, 6.07) is 0. The molecule has 0 aromatic rings. The first-order valence-corrected chi connectivity index (χ1v) is 31.4. The maximum Gasteiger partial charge on any atom is 0.335 e. The second kappa shape index (κ2) is 25.9. The minimum absolute atomic E-state index is 0.0156. The van der Waals surface area contributed by atoms with Crippen LogP contribution >= 0.6 is 0 Å². The van der Waals surface area contributed by atoms with E-state index in [1.165, 1.54) is 13.0 Å². The molecule has 5 aliphatic carbocycles. The van der Waals surface area contributed by atoms with Gasteiger partial charge in [0.2, 0.25) is 0 Å². The fourth-order valence-corrected chi connectivity index (χ4v) is 17.6. The van der Waals surface area contributed by atoms with Gasteiger partial charge in [-0.1, -0.05) is 72.3 Å². The average molecular weight is 1270 g/mol. The summed E-state index contributed by atoms with van der Waals surface area (Å²) in [5.41, 5.74) is -3.33. The largest absolute Gasteiger partial charge is 0.479 e. The van der Waals surface area contributed by atoms with Gasteiger partial charge < -0.3 is 114 Å². The first-order valence-electron chi connectivity index (χ1n) is 31.4. The first-order chi connectivity index (χ1) is 41.6. The smallest absolute Gasteiger partial charge is 0.335 e. The molecular formula is C63H98O26. The molecular weight excluding hydrogens is 1170 g/mol. The van der Waals surface area contributed by atoms with E-state index in [2.05, 4.69) is 26.8 Å². The minimum atomic E-state index is -2.12. The number of hydrogen-bond donors (Lipinski definition) is 13. The summed E-state index contributed by atoms with van der Waals surface area (Å²) in [6.07, 6.45) is -28.5. The van der Waals surface area contributed by atoms with Gasteiger partial charge in [-0.15, -0.1) is 0 Å². The molecule has 0 radical (unpaired) electrons. The maximum absolute atomic E-state index is 13.3. The number of carboxylic acid groups (broad SMARTS) is 1. The predicted molar refractivity (Wildman–Crippen MR) is 307 cm³/mol. The molecule has 89 heavy (non-hydrogen) atoms. The Labute approximate surface area is 518 Å². The van der Waals surface area contributed by atoms with Gasteiger partial charge in [-0.25, -0.2) is 14.4 Å². The number of fused-ring (bicyclic) bond motifs is 7. The monoisotopic (exact) mass is 1270 g/mol. The minimum Gasteiger partial charge on any atom is -0.479 e. The van der Waals surface area contributed by atoms with Crippen LogP contribution in [0.2, 0.25) is 0 Å². The number of aliphatic carboxylic acids is 1. The second-order valence-electron chi connectivity index (χ2n) is 28.8. The highest BCUT2D eigenvalue weighted by molar-refractivity contribution is 5.88. The molecule has 9 aliphatic rings. The van der Waals surface area contributed by atoms with Crippen molar-refractivity contribution in [3.8, 4) is 0 Å². The molecule has 9 rings (SSSR count). The van der Waals surface area contributed by atoms with E-state index in [1.54, 1.807) is 33.8 Å². The Hall–Kier alpha value is -3.17. The topological polar surface area (TPSA) is 407 Å². The molecule has 506 valence electrons. The third-order valence-electron chi connectivity index (χ3n) is 23.3. The zero-order chi connectivity index (χ0) is 65.7. The fraction of sp³-hybridized carbons (Fsp3) is 0.857. The molecule has 0 aromatic heterocycles. The summed E-state index contributed by atoms with van der Waals surface area (Å²) in [4.78, 5) is 39.3. The lowest BCUT2D eigenvalue weighted by Crippen LogP contribution is -2.72. The van der Waals surface area contributed by atoms with Gasteiger partial charge in [0, 0.05) is 11.1 Å². The van der Waals surface area contributed by atoms with E-state index in [0.717, 1.165) is 5.57 Å². The summed E-state index contributed by atoms with van der Waals surface area (Å²) in [5.74, 6) is -3.81. The number of aliphatic hydroxyl groups excluding tert-OH is 12. The third-order valence-corrected chi connectivity index (χ3v) is 23.3. The molecule has 26 heteroatoms. The first kappa shape index (κ1) is 70.2. The number of ether oxygens (including phenoxy) is 10. The van der Waals surface area contributed by atoms with Crippen LogP contribution in [0.3, 0.4) is 0 Å². The quantitative estimate of drug-likeness (QED) is 0.0423. The maximum atomic E-state index is 13.3. The number of carboxylic acids is 1. The Bertz CT molecular complexity index is 2660. The van der Waals surface area contributed by atoms with E-state index in [4.69, 9.17) is 47.4 Å². The van der Waals surface area contributed by atoms with Crippen molar-refractivity contribution in [2.45, 2.75) is 269 Å². The van der Waals surface area contributed by atoms with Crippen molar-refractivity contribution in [1.82, 2.24) is 0 Å². The summed E-state index contributed by atoms with van der Waals surface area (Å²) >= 11 is 0. The second-order valence-corrected chi connectivity index (χ2v) is 28.8. The molecule has 4 heterocycles. The van der Waals surface area contributed by atoms with Gasteiger partial charge in [0.15, 0.2) is 43.5 Å². The zero-order valence-electron chi connectivity index (χ0n) is 52.9. The number of carbonyl (C=O) groups excluding carboxylic acids is 2. The van der Waals surface area contributed by atoms with Crippen LogP contribution in [-0.4, -0.2) is 245 Å². The SMILES string of the molecule is C/C=C(/C)C(=O)O[C@@H]1C(O)[C@H](O[C@H]2[C@H](O)[C@@]3(CO)C(CC2(C)C)C2=CCC4[C@@]5(C)CC[C@H](O[C@@H]6OC(C(=O)O)[C@@H](O)[C@@H](O[C@@H]7O[C@@H](CO)C(O)[C@@H]7O)C6O[C@@H]6OC(CO)[C@H](O)[C@@H](O)C6O)C(C)(C)C5CC[C@@]4(C)[C@]2(C)C[C@H]3O)OC(C)[C@@H]1OC(=O)/C(C)=C\C. The van der Waals surface area contributed by atoms with E-state index in [0.29, 0.717) is 38.5 Å². The molecule has 30 atom stereocenters. The number of esters is 2. The number of allylic oxidation sites excluding steroid dienone is 4. The Morgan fingerprint density at radius 1 is 0.607 bits per heavy atom. The van der Waals surface area contributed by atoms with Crippen LogP contribution in [0.25, 0.3) is 0 Å². The molecule has 0 aromatic carbocycles. The van der Waals surface area contributed by atoms with Gasteiger partial charge >= 0.3 is 17.9 Å². The van der Waals surface area contributed by atoms with E-state index in [1.807, 2.05) is 27.7 Å². The zero-order valence-corrected chi connectivity index (χ0v) is 52.9. The van der Waals surface area contributed by atoms with Crippen molar-refractivity contribution in [2.75, 3.05) is 19.8 Å². The van der Waals surface area contributed by atoms with Gasteiger partial charge in [-0.2, -0.15) is 0 Å². The highest BCUT2D eigenvalue weighted by Gasteiger charge is 2.73. The molecule has 4 aliphatic heterocycles. The highest BCUT2D eigenvalue weighted by atomic mass is 16.8. The van der Waals surface area contributed by atoms with Crippen molar-refractivity contribution in [3.63, 3.8) is 0 Å². The number of carbonyl (C=O) groups is 3. The van der Waals surface area contributed by atoms with Crippen molar-refractivity contribution in [3.05, 3.63) is 34.9 Å². The Morgan fingerprint density at radius 2 is 1.16 bits per heavy atom. The van der Waals surface area contributed by atoms with E-state index in [9.17, 15) is 80.8 Å². The number of hydrogen-bond acceptors (Lipinski definition) is 25. The normalized spacial score (nSPS) is 49.7. The van der Waals surface area contributed by atoms with Crippen LogP contribution in [0.15, 0.2) is 34.9 Å². The van der Waals surface area contributed by atoms with E-state index in [-0.39, 0.29) is 29.4 Å². The lowest BCUT2D eigenvalue weighted by atomic mass is 9.33. The molecule has 13 N–H and O–H groups in total. The van der Waals surface area contributed by atoms with E-state index >= 15 is 0 Å². The van der Waals surface area contributed by atoms with Crippen molar-refractivity contribution in [2.24, 2.45) is 50.2 Å². The summed E-state index contributed by atoms with van der Waals surface area (Å²) in [7, 11) is 0. The van der Waals surface area contributed by atoms with Gasteiger partial charge in [-0.05, 0) is 124 Å². The van der Waals surface area contributed by atoms with Crippen LogP contribution in [0, 0.1) is 50.2 Å². The molecule has 10 unspecified atom stereocenters. The Morgan fingerprint density at radius 3 is 1.72 bits per heavy atom. The molecule has 0 bridgehead atoms. The van der Waals surface area contributed by atoms with Crippen molar-refractivity contribution < 1.29 is 128 Å². The Kier molecular flexibility index (Phi) is 20.4. The fourth-order valence-electron chi connectivity index (χ4n) is 17.6. The van der Waals surface area contributed by atoms with Crippen LogP contribution in [0.1, 0.15) is 128 Å². The summed E-state index contributed by atoms with van der Waals surface area (Å²) < 4.78 is 61.1. The van der Waals surface area contributed by atoms with Gasteiger partial charge in [0.1, 0.15) is 67.1 Å². The molecule has 26 nitrogen and oxygen atoms in total. The predicted octanol–water partition coefficient (Wildman–Crippen LogP) is 0.144. The van der Waals surface area contributed by atoms with Gasteiger partial charge in [0.25, 0.3) is 0 Å². The lowest BCUT2D eigenvalue weighted by Gasteiger charge is -2.72. The van der Waals surface area contributed by atoms with Crippen molar-refractivity contribution in [1.29, 1.82) is 0 Å². The van der Waals surface area contributed by atoms with Gasteiger partial charge in [-0.3, -0.25) is 0 Å². The Balaban J connectivity index is 0.986. The van der Waals surface area contributed by atoms with Crippen LogP contribution < -0.4 is 0 Å². The highest BCUT2D eigenvalue weighted by Crippen LogP contribution is 2.76. The van der Waals surface area contributed by atoms with E-state index < -0.39 is 217 Å². The third kappa shape index (κ3) is 11.6. The summed E-state index contributed by atoms with van der Waals surface area (Å²) in [6.45, 7) is 20.4. The molecule has 4 saturated carbocycles. The number of rotatable bonds is 16. The molecule has 8 fully saturated rings. The van der Waals surface area contributed by atoms with Crippen molar-refractivity contribution >= 4 is 17.9 Å². The van der Waals surface area contributed by atoms with Crippen LogP contribution in [0.4, 0.5) is 0 Å². The standard InChI is InChI=1S/C63H98O26/c1-13-26(3)52(78)84-44-28(5)80-56(43(74)46(44)85-53(79)27(4)14-2)89-50-49(75)63(25-66)30(21-58(50,6)7)29-15-16-34-60(10)19-18-36(59(8,9)33(60)17-20-61(34,11)62(29,12)22-35(63)67)83-57-48(88-55-41(72)39(70)37(68)31(23-64)81-55)45(42(73)47(87-57)51(76)77)86-54-40(71)38(69)32(24-65)82-54/h13-15,28,30-50,54-57,64-75H,16-25H2,1-12H3,(H,76,77)/b26-13-,27-14-/t28?,30?,31?,32-,33?,34?,35+,36-,37-,38?,39+,40-,41?,42-,43?,44-,45+,46+,47?,48?,49-,50-,54-,55-,56-,57+,60-,61+,62+,63-/m0/s1. The molecule has 0 spiro atoms. The van der Waals surface area contributed by atoms with Gasteiger partial charge in [0.05, 0.1) is 55.8 Å². The summed E-state index contributed by atoms with van der Waals surface area (Å²) in [5, 5.41) is 146. The average Bonchev–Trinajstić information content (AvgIpc) is 0.921. The lowest BCUT2D eigenvalue weighted by molar-refractivity contribution is -0.386. The molecule has 4 saturated heterocycles. The number of aliphatic hydroxyl groups is 12. The van der Waals surface area contributed by atoms with Crippen LogP contribution in [0.5, 0.6) is 0 Å². The molecule has 0 amide bonds. The van der Waals surface area contributed by atoms with Crippen LogP contribution in [-0.2, 0) is 61.8 Å².